The first-order chi connectivity index (χ1) is 17.2. The van der Waals surface area contributed by atoms with E-state index in [0.29, 0.717) is 0 Å². The Morgan fingerprint density at radius 2 is 1.40 bits per heavy atom. The van der Waals surface area contributed by atoms with Crippen LogP contribution in [-0.2, 0) is 0 Å². The van der Waals surface area contributed by atoms with Gasteiger partial charge in [0.1, 0.15) is 23.4 Å². The Morgan fingerprint density at radius 1 is 0.686 bits per heavy atom. The van der Waals surface area contributed by atoms with Crippen molar-refractivity contribution in [3.63, 3.8) is 0 Å². The van der Waals surface area contributed by atoms with E-state index in [2.05, 4.69) is 60.7 Å². The summed E-state index contributed by atoms with van der Waals surface area (Å²) in [5, 5.41) is 13.3. The van der Waals surface area contributed by atoms with Crippen LogP contribution in [0.15, 0.2) is 115 Å². The number of ether oxygens (including phenoxy) is 2. The molecule has 0 spiro atoms. The van der Waals surface area contributed by atoms with Gasteiger partial charge in [-0.25, -0.2) is 0 Å². The fourth-order valence-electron chi connectivity index (χ4n) is 5.49. The summed E-state index contributed by atoms with van der Waals surface area (Å²) in [6.07, 6.45) is -0.384. The van der Waals surface area contributed by atoms with E-state index in [1.165, 1.54) is 11.1 Å². The number of methoxy groups -OCH3 is 1. The van der Waals surface area contributed by atoms with Gasteiger partial charge in [0.15, 0.2) is 0 Å². The van der Waals surface area contributed by atoms with Crippen LogP contribution in [0.2, 0.25) is 0 Å². The average Bonchev–Trinajstić information content (AvgIpc) is 2.92. The van der Waals surface area contributed by atoms with Crippen LogP contribution in [0.5, 0.6) is 17.2 Å². The number of aromatic hydroxyl groups is 1. The normalized spacial score (nSPS) is 19.1. The zero-order valence-corrected chi connectivity index (χ0v) is 19.5. The minimum Gasteiger partial charge on any atom is -0.508 e. The molecule has 0 fully saturated rings. The molecule has 1 aliphatic heterocycles. The Bertz CT molecular complexity index is 1470. The van der Waals surface area contributed by atoms with Gasteiger partial charge in [-0.05, 0) is 46.2 Å². The summed E-state index contributed by atoms with van der Waals surface area (Å²) in [5.41, 5.74) is 4.31. The van der Waals surface area contributed by atoms with Crippen molar-refractivity contribution < 1.29 is 14.6 Å². The van der Waals surface area contributed by atoms with E-state index in [-0.39, 0.29) is 23.7 Å². The highest BCUT2D eigenvalue weighted by atomic mass is 16.5. The zero-order valence-electron chi connectivity index (χ0n) is 19.5. The summed E-state index contributed by atoms with van der Waals surface area (Å²) in [5.74, 6) is 1.89. The molecule has 1 heterocycles. The van der Waals surface area contributed by atoms with E-state index in [1.54, 1.807) is 13.2 Å². The van der Waals surface area contributed by atoms with E-state index in [9.17, 15) is 5.11 Å². The predicted octanol–water partition coefficient (Wildman–Crippen LogP) is 7.60. The standard InChI is InChI=1S/C32H26O3/c1-34-24-18-15-23(16-19-24)29-26-13-7-8-14-28(26)35-32(30(29)22-10-3-2-4-11-22)31-25-12-6-5-9-21(25)17-20-27(31)33/h2-20,29-30,32-33H,1H3/t29-,30-,32-/m1/s1. The molecule has 0 aliphatic carbocycles. The minimum atomic E-state index is -0.384. The van der Waals surface area contributed by atoms with Gasteiger partial charge in [0.2, 0.25) is 0 Å². The van der Waals surface area contributed by atoms with Gasteiger partial charge in [-0.1, -0.05) is 91.0 Å². The van der Waals surface area contributed by atoms with E-state index in [0.717, 1.165) is 33.4 Å². The largest absolute Gasteiger partial charge is 0.508 e. The van der Waals surface area contributed by atoms with Crippen LogP contribution in [0, 0.1) is 0 Å². The smallest absolute Gasteiger partial charge is 0.136 e. The summed E-state index contributed by atoms with van der Waals surface area (Å²) in [4.78, 5) is 0. The number of hydrogen-bond acceptors (Lipinski definition) is 3. The van der Waals surface area contributed by atoms with Crippen molar-refractivity contribution in [3.8, 4) is 17.2 Å². The number of benzene rings is 5. The molecule has 3 heteroatoms. The van der Waals surface area contributed by atoms with Gasteiger partial charge >= 0.3 is 0 Å². The number of phenols is 1. The second kappa shape index (κ2) is 8.84. The Balaban J connectivity index is 1.63. The maximum Gasteiger partial charge on any atom is 0.136 e. The van der Waals surface area contributed by atoms with Crippen molar-refractivity contribution in [1.29, 1.82) is 0 Å². The van der Waals surface area contributed by atoms with Gasteiger partial charge in [0, 0.05) is 23.0 Å². The zero-order chi connectivity index (χ0) is 23.8. The second-order valence-electron chi connectivity index (χ2n) is 8.98. The molecule has 6 rings (SSSR count). The highest BCUT2D eigenvalue weighted by Crippen LogP contribution is 2.55. The molecule has 172 valence electrons. The topological polar surface area (TPSA) is 38.7 Å². The first kappa shape index (κ1) is 21.3. The first-order valence-electron chi connectivity index (χ1n) is 11.9. The highest BCUT2D eigenvalue weighted by molar-refractivity contribution is 5.88. The van der Waals surface area contributed by atoms with Crippen molar-refractivity contribution in [1.82, 2.24) is 0 Å². The van der Waals surface area contributed by atoms with Crippen LogP contribution in [0.3, 0.4) is 0 Å². The van der Waals surface area contributed by atoms with Crippen molar-refractivity contribution in [2.24, 2.45) is 0 Å². The maximum atomic E-state index is 11.2. The second-order valence-corrected chi connectivity index (χ2v) is 8.98. The number of hydrogen-bond donors (Lipinski definition) is 1. The summed E-state index contributed by atoms with van der Waals surface area (Å²) >= 11 is 0. The van der Waals surface area contributed by atoms with Crippen molar-refractivity contribution >= 4 is 10.8 Å². The number of fused-ring (bicyclic) bond motifs is 2. The van der Waals surface area contributed by atoms with E-state index < -0.39 is 0 Å². The third kappa shape index (κ3) is 3.70. The molecule has 0 saturated carbocycles. The third-order valence-electron chi connectivity index (χ3n) is 7.08. The molecule has 35 heavy (non-hydrogen) atoms. The van der Waals surface area contributed by atoms with Crippen molar-refractivity contribution in [2.75, 3.05) is 7.11 Å². The van der Waals surface area contributed by atoms with Crippen molar-refractivity contribution in [2.45, 2.75) is 17.9 Å². The van der Waals surface area contributed by atoms with E-state index in [4.69, 9.17) is 9.47 Å². The van der Waals surface area contributed by atoms with Gasteiger partial charge in [-0.3, -0.25) is 0 Å². The third-order valence-corrected chi connectivity index (χ3v) is 7.08. The summed E-state index contributed by atoms with van der Waals surface area (Å²) < 4.78 is 12.2. The van der Waals surface area contributed by atoms with Crippen molar-refractivity contribution in [3.05, 3.63) is 138 Å². The van der Waals surface area contributed by atoms with Crippen LogP contribution < -0.4 is 9.47 Å². The Morgan fingerprint density at radius 3 is 2.20 bits per heavy atom. The summed E-state index contributed by atoms with van der Waals surface area (Å²) in [7, 11) is 1.69. The number of rotatable bonds is 4. The monoisotopic (exact) mass is 458 g/mol. The lowest BCUT2D eigenvalue weighted by Gasteiger charge is -2.41. The van der Waals surface area contributed by atoms with E-state index >= 15 is 0 Å². The van der Waals surface area contributed by atoms with Crippen LogP contribution in [0.1, 0.15) is 40.2 Å². The Hall–Kier alpha value is -4.24. The lowest BCUT2D eigenvalue weighted by Crippen LogP contribution is -2.29. The van der Waals surface area contributed by atoms with E-state index in [1.807, 2.05) is 48.5 Å². The predicted molar refractivity (Wildman–Crippen MR) is 139 cm³/mol. The van der Waals surface area contributed by atoms with Crippen LogP contribution in [-0.4, -0.2) is 12.2 Å². The lowest BCUT2D eigenvalue weighted by atomic mass is 9.70. The molecule has 0 saturated heterocycles. The fraction of sp³-hybridized carbons (Fsp3) is 0.125. The molecular formula is C32H26O3. The molecule has 0 radical (unpaired) electrons. The lowest BCUT2D eigenvalue weighted by molar-refractivity contribution is 0.139. The molecule has 1 N–H and O–H groups in total. The van der Waals surface area contributed by atoms with Gasteiger partial charge in [-0.15, -0.1) is 0 Å². The Kier molecular flexibility index (Phi) is 5.38. The highest BCUT2D eigenvalue weighted by Gasteiger charge is 2.42. The molecule has 0 unspecified atom stereocenters. The van der Waals surface area contributed by atoms with Crippen LogP contribution in [0.25, 0.3) is 10.8 Å². The average molecular weight is 459 g/mol. The summed E-state index contributed by atoms with van der Waals surface area (Å²) in [6.45, 7) is 0. The molecule has 5 aromatic rings. The van der Waals surface area contributed by atoms with Crippen LogP contribution >= 0.6 is 0 Å². The Labute approximate surface area is 205 Å². The SMILES string of the molecule is COc1ccc([C@@H]2c3ccccc3O[C@@H](c3c(O)ccc4ccccc34)[C@@H]2c2ccccc2)cc1. The van der Waals surface area contributed by atoms with Gasteiger partial charge < -0.3 is 14.6 Å². The molecule has 3 nitrogen and oxygen atoms in total. The van der Waals surface area contributed by atoms with Gasteiger partial charge in [-0.2, -0.15) is 0 Å². The molecule has 5 aromatic carbocycles. The molecule has 0 bridgehead atoms. The first-order valence-corrected chi connectivity index (χ1v) is 11.9. The maximum absolute atomic E-state index is 11.2. The molecular weight excluding hydrogens is 432 g/mol. The van der Waals surface area contributed by atoms with Gasteiger partial charge in [0.25, 0.3) is 0 Å². The molecule has 3 atom stereocenters. The van der Waals surface area contributed by atoms with Gasteiger partial charge in [0.05, 0.1) is 7.11 Å². The van der Waals surface area contributed by atoms with Crippen LogP contribution in [0.4, 0.5) is 0 Å². The quantitative estimate of drug-likeness (QED) is 0.301. The summed E-state index contributed by atoms with van der Waals surface area (Å²) in [6, 6.07) is 39.0. The molecule has 0 amide bonds. The number of phenolic OH excluding ortho intramolecular Hbond substituents is 1. The molecule has 0 aromatic heterocycles. The minimum absolute atomic E-state index is 0.0247. The fourth-order valence-corrected chi connectivity index (χ4v) is 5.49. The number of para-hydroxylation sites is 1. The molecule has 1 aliphatic rings.